The van der Waals surface area contributed by atoms with Crippen molar-refractivity contribution in [1.29, 1.82) is 0 Å². The van der Waals surface area contributed by atoms with Crippen molar-refractivity contribution in [2.45, 2.75) is 4.90 Å². The van der Waals surface area contributed by atoms with Gasteiger partial charge >= 0.3 is 0 Å². The van der Waals surface area contributed by atoms with Crippen molar-refractivity contribution in [3.8, 4) is 5.75 Å². The summed E-state index contributed by atoms with van der Waals surface area (Å²) in [4.78, 5) is 3.17. The Kier molecular flexibility index (Phi) is 2.25. The molecule has 0 radical (unpaired) electrons. The van der Waals surface area contributed by atoms with Gasteiger partial charge in [-0.2, -0.15) is 0 Å². The maximum absolute atomic E-state index is 9.33. The molecule has 0 bridgehead atoms. The summed E-state index contributed by atoms with van der Waals surface area (Å²) in [5.74, 6) is 0.310. The van der Waals surface area contributed by atoms with Gasteiger partial charge in [-0.05, 0) is 24.3 Å². The van der Waals surface area contributed by atoms with E-state index in [4.69, 9.17) is 0 Å². The van der Waals surface area contributed by atoms with Gasteiger partial charge in [0.05, 0.1) is 10.7 Å². The highest BCUT2D eigenvalue weighted by Crippen LogP contribution is 2.46. The quantitative estimate of drug-likeness (QED) is 0.762. The van der Waals surface area contributed by atoms with Crippen LogP contribution < -0.4 is 4.90 Å². The summed E-state index contributed by atoms with van der Waals surface area (Å²) in [6, 6.07) is 5.40. The summed E-state index contributed by atoms with van der Waals surface area (Å²) >= 11 is 1.64. The average molecular weight is 205 g/mol. The van der Waals surface area contributed by atoms with Crippen molar-refractivity contribution >= 4 is 17.4 Å². The molecule has 1 aliphatic rings. The first-order chi connectivity index (χ1) is 6.72. The zero-order valence-electron chi connectivity index (χ0n) is 7.90. The highest BCUT2D eigenvalue weighted by molar-refractivity contribution is 8.03. The number of fused-ring (bicyclic) bond motifs is 1. The maximum atomic E-state index is 9.33. The zero-order valence-corrected chi connectivity index (χ0v) is 8.71. The fourth-order valence-electron chi connectivity index (χ4n) is 1.41. The van der Waals surface area contributed by atoms with Crippen molar-refractivity contribution < 1.29 is 5.11 Å². The third-order valence-electron chi connectivity index (χ3n) is 2.11. The lowest BCUT2D eigenvalue weighted by Gasteiger charge is -2.12. The Bertz CT molecular complexity index is 412. The van der Waals surface area contributed by atoms with E-state index < -0.39 is 0 Å². The number of allylic oxidation sites excluding steroid dienone is 2. The van der Waals surface area contributed by atoms with Gasteiger partial charge in [0.1, 0.15) is 5.75 Å². The molecule has 14 heavy (non-hydrogen) atoms. The molecule has 1 N–H and O–H groups in total. The third kappa shape index (κ3) is 1.40. The molecule has 0 aliphatic carbocycles. The topological polar surface area (TPSA) is 23.5 Å². The number of hydrogen-bond acceptors (Lipinski definition) is 3. The third-order valence-corrected chi connectivity index (χ3v) is 3.28. The molecular formula is C11H11NOS. The number of phenolic OH excluding ortho intramolecular Hbond substituents is 1. The van der Waals surface area contributed by atoms with Gasteiger partial charge in [0.25, 0.3) is 0 Å². The number of phenols is 1. The Labute approximate surface area is 87.5 Å². The standard InChI is InChI=1S/C11H11NOS/c1-3-4-11-12(2)9-6-5-8(13)7-10(9)14-11/h3-7,13H,1H2,2H3/b11-4+. The molecule has 0 amide bonds. The molecule has 0 spiro atoms. The van der Waals surface area contributed by atoms with Gasteiger partial charge in [-0.1, -0.05) is 24.4 Å². The monoisotopic (exact) mass is 205 g/mol. The van der Waals surface area contributed by atoms with Gasteiger partial charge in [-0.25, -0.2) is 0 Å². The SMILES string of the molecule is C=C/C=C1/Sc2cc(O)ccc2N1C. The zero-order chi connectivity index (χ0) is 10.1. The molecule has 1 aromatic carbocycles. The summed E-state index contributed by atoms with van der Waals surface area (Å²) in [6.45, 7) is 3.67. The lowest BCUT2D eigenvalue weighted by molar-refractivity contribution is 0.474. The molecule has 1 heterocycles. The molecule has 1 aromatic rings. The van der Waals surface area contributed by atoms with Crippen molar-refractivity contribution in [2.24, 2.45) is 0 Å². The van der Waals surface area contributed by atoms with E-state index >= 15 is 0 Å². The number of nitrogens with zero attached hydrogens (tertiary/aromatic N) is 1. The summed E-state index contributed by atoms with van der Waals surface area (Å²) in [5.41, 5.74) is 1.13. The summed E-state index contributed by atoms with van der Waals surface area (Å²) < 4.78 is 0. The largest absolute Gasteiger partial charge is 0.508 e. The molecular weight excluding hydrogens is 194 g/mol. The number of rotatable bonds is 1. The Morgan fingerprint density at radius 1 is 1.50 bits per heavy atom. The molecule has 0 unspecified atom stereocenters. The van der Waals surface area contributed by atoms with Crippen LogP contribution in [0.4, 0.5) is 5.69 Å². The second-order valence-corrected chi connectivity index (χ2v) is 4.12. The average Bonchev–Trinajstić information content (AvgIpc) is 2.44. The van der Waals surface area contributed by atoms with Crippen LogP contribution in [0, 0.1) is 0 Å². The first kappa shape index (κ1) is 9.21. The molecule has 3 heteroatoms. The van der Waals surface area contributed by atoms with E-state index in [2.05, 4.69) is 11.5 Å². The van der Waals surface area contributed by atoms with Crippen LogP contribution >= 0.6 is 11.8 Å². The van der Waals surface area contributed by atoms with Gasteiger partial charge in [0.15, 0.2) is 0 Å². The smallest absolute Gasteiger partial charge is 0.116 e. The Hall–Kier alpha value is -1.35. The van der Waals surface area contributed by atoms with E-state index in [0.29, 0.717) is 5.75 Å². The van der Waals surface area contributed by atoms with Crippen LogP contribution in [0.1, 0.15) is 0 Å². The number of hydrogen-bond donors (Lipinski definition) is 1. The van der Waals surface area contributed by atoms with Crippen molar-refractivity contribution in [3.63, 3.8) is 0 Å². The Balaban J connectivity index is 2.45. The van der Waals surface area contributed by atoms with Gasteiger partial charge < -0.3 is 10.0 Å². The molecule has 0 fully saturated rings. The minimum atomic E-state index is 0.310. The van der Waals surface area contributed by atoms with E-state index in [1.54, 1.807) is 30.0 Å². The van der Waals surface area contributed by atoms with Crippen LogP contribution in [0.25, 0.3) is 0 Å². The van der Waals surface area contributed by atoms with Crippen LogP contribution in [0.3, 0.4) is 0 Å². The minimum Gasteiger partial charge on any atom is -0.508 e. The fourth-order valence-corrected chi connectivity index (χ4v) is 2.52. The van der Waals surface area contributed by atoms with Gasteiger partial charge in [-0.15, -0.1) is 0 Å². The molecule has 0 aromatic heterocycles. The van der Waals surface area contributed by atoms with Crippen LogP contribution in [0.2, 0.25) is 0 Å². The van der Waals surface area contributed by atoms with Crippen LogP contribution in [-0.2, 0) is 0 Å². The lowest BCUT2D eigenvalue weighted by atomic mass is 10.3. The molecule has 72 valence electrons. The van der Waals surface area contributed by atoms with Crippen LogP contribution in [-0.4, -0.2) is 12.2 Å². The fraction of sp³-hybridized carbons (Fsp3) is 0.0909. The van der Waals surface area contributed by atoms with Gasteiger partial charge in [0, 0.05) is 11.9 Å². The normalized spacial score (nSPS) is 17.2. The number of benzene rings is 1. The summed E-state index contributed by atoms with van der Waals surface area (Å²) in [7, 11) is 2.01. The molecule has 1 aliphatic heterocycles. The predicted molar refractivity (Wildman–Crippen MR) is 60.6 cm³/mol. The van der Waals surface area contributed by atoms with E-state index in [1.807, 2.05) is 19.2 Å². The van der Waals surface area contributed by atoms with Crippen LogP contribution in [0.15, 0.2) is 46.9 Å². The van der Waals surface area contributed by atoms with E-state index in [-0.39, 0.29) is 0 Å². The molecule has 0 saturated heterocycles. The highest BCUT2D eigenvalue weighted by Gasteiger charge is 2.21. The van der Waals surface area contributed by atoms with Crippen LogP contribution in [0.5, 0.6) is 5.75 Å². The summed E-state index contributed by atoms with van der Waals surface area (Å²) in [5, 5.41) is 10.5. The van der Waals surface area contributed by atoms with E-state index in [1.165, 1.54) is 0 Å². The summed E-state index contributed by atoms with van der Waals surface area (Å²) in [6.07, 6.45) is 3.73. The van der Waals surface area contributed by atoms with Crippen molar-refractivity contribution in [2.75, 3.05) is 11.9 Å². The van der Waals surface area contributed by atoms with Gasteiger partial charge in [-0.3, -0.25) is 0 Å². The first-order valence-corrected chi connectivity index (χ1v) is 5.11. The van der Waals surface area contributed by atoms with Crippen molar-refractivity contribution in [3.05, 3.63) is 42.0 Å². The second-order valence-electron chi connectivity index (χ2n) is 3.05. The molecule has 0 saturated carbocycles. The number of anilines is 1. The lowest BCUT2D eigenvalue weighted by Crippen LogP contribution is -2.08. The number of thioether (sulfide) groups is 1. The molecule has 2 nitrogen and oxygen atoms in total. The Morgan fingerprint density at radius 3 is 3.00 bits per heavy atom. The molecule has 2 rings (SSSR count). The van der Waals surface area contributed by atoms with E-state index in [9.17, 15) is 5.11 Å². The first-order valence-electron chi connectivity index (χ1n) is 4.29. The predicted octanol–water partition coefficient (Wildman–Crippen LogP) is 2.96. The second kappa shape index (κ2) is 3.42. The van der Waals surface area contributed by atoms with E-state index in [0.717, 1.165) is 15.6 Å². The van der Waals surface area contributed by atoms with Crippen molar-refractivity contribution in [1.82, 2.24) is 0 Å². The molecule has 0 atom stereocenters. The Morgan fingerprint density at radius 2 is 2.29 bits per heavy atom. The number of aromatic hydroxyl groups is 1. The van der Waals surface area contributed by atoms with Gasteiger partial charge in [0.2, 0.25) is 0 Å². The minimum absolute atomic E-state index is 0.310. The highest BCUT2D eigenvalue weighted by atomic mass is 32.2. The maximum Gasteiger partial charge on any atom is 0.116 e.